The van der Waals surface area contributed by atoms with Crippen LogP contribution in [0.1, 0.15) is 36.6 Å². The predicted octanol–water partition coefficient (Wildman–Crippen LogP) is 3.94. The van der Waals surface area contributed by atoms with Crippen LogP contribution in [0.25, 0.3) is 0 Å². The molecule has 2 aromatic rings. The van der Waals surface area contributed by atoms with E-state index in [1.807, 2.05) is 5.32 Å². The highest BCUT2D eigenvalue weighted by Crippen LogP contribution is 2.36. The van der Waals surface area contributed by atoms with Gasteiger partial charge in [-0.2, -0.15) is 13.2 Å². The number of hydrogen-bond acceptors (Lipinski definition) is 5. The molecule has 3 amide bonds. The summed E-state index contributed by atoms with van der Waals surface area (Å²) < 4.78 is 44.1. The van der Waals surface area contributed by atoms with Crippen LogP contribution in [0.4, 0.5) is 18.9 Å². The zero-order chi connectivity index (χ0) is 23.6. The number of rotatable bonds is 6. The average Bonchev–Trinajstić information content (AvgIpc) is 2.97. The fraction of sp³-hybridized carbons (Fsp3) is 0.143. The van der Waals surface area contributed by atoms with E-state index in [9.17, 15) is 32.3 Å². The average molecular weight is 467 g/mol. The van der Waals surface area contributed by atoms with Crippen molar-refractivity contribution >= 4 is 41.0 Å². The zero-order valence-corrected chi connectivity index (χ0v) is 16.9. The number of imide groups is 1. The van der Waals surface area contributed by atoms with E-state index in [-0.39, 0.29) is 28.3 Å². The molecule has 1 aliphatic rings. The largest absolute Gasteiger partial charge is 0.452 e. The second-order valence-electron chi connectivity index (χ2n) is 6.58. The molecule has 1 N–H and O–H groups in total. The van der Waals surface area contributed by atoms with Crippen LogP contribution in [-0.2, 0) is 15.7 Å². The lowest BCUT2D eigenvalue weighted by Gasteiger charge is -2.14. The van der Waals surface area contributed by atoms with Crippen molar-refractivity contribution in [1.29, 1.82) is 0 Å². The van der Waals surface area contributed by atoms with E-state index in [0.717, 1.165) is 23.1 Å². The lowest BCUT2D eigenvalue weighted by Crippen LogP contribution is -2.29. The molecule has 0 unspecified atom stereocenters. The van der Waals surface area contributed by atoms with Crippen LogP contribution >= 0.6 is 11.6 Å². The predicted molar refractivity (Wildman–Crippen MR) is 107 cm³/mol. The van der Waals surface area contributed by atoms with Crippen LogP contribution in [0.15, 0.2) is 49.1 Å². The van der Waals surface area contributed by atoms with Gasteiger partial charge in [-0.05, 0) is 36.4 Å². The summed E-state index contributed by atoms with van der Waals surface area (Å²) in [4.78, 5) is 49.7. The lowest BCUT2D eigenvalue weighted by molar-refractivity contribution is -0.137. The van der Waals surface area contributed by atoms with Gasteiger partial charge in [-0.3, -0.25) is 19.3 Å². The van der Waals surface area contributed by atoms with Crippen molar-refractivity contribution in [2.24, 2.45) is 0 Å². The molecule has 0 saturated heterocycles. The molecule has 11 heteroatoms. The van der Waals surface area contributed by atoms with E-state index < -0.39 is 47.7 Å². The molecule has 0 spiro atoms. The van der Waals surface area contributed by atoms with Gasteiger partial charge in [0.25, 0.3) is 17.7 Å². The van der Waals surface area contributed by atoms with Crippen LogP contribution in [0.5, 0.6) is 0 Å². The minimum absolute atomic E-state index is 0.00307. The fourth-order valence-corrected chi connectivity index (χ4v) is 3.15. The van der Waals surface area contributed by atoms with Gasteiger partial charge in [0.2, 0.25) is 0 Å². The van der Waals surface area contributed by atoms with Gasteiger partial charge in [-0.25, -0.2) is 4.79 Å². The second kappa shape index (κ2) is 8.83. The summed E-state index contributed by atoms with van der Waals surface area (Å²) in [7, 11) is 0. The van der Waals surface area contributed by atoms with Gasteiger partial charge in [-0.1, -0.05) is 17.7 Å². The highest BCUT2D eigenvalue weighted by Gasteiger charge is 2.36. The number of alkyl halides is 3. The molecule has 1 heterocycles. The molecule has 0 radical (unpaired) electrons. The summed E-state index contributed by atoms with van der Waals surface area (Å²) in [5.41, 5.74) is -1.72. The Bertz CT molecular complexity index is 1150. The number of carbonyl (C=O) groups excluding carboxylic acids is 4. The number of nitrogens with one attached hydrogen (secondary N) is 1. The number of amides is 3. The first-order chi connectivity index (χ1) is 15.0. The van der Waals surface area contributed by atoms with E-state index in [4.69, 9.17) is 16.3 Å². The molecule has 3 rings (SSSR count). The van der Waals surface area contributed by atoms with Crippen LogP contribution < -0.4 is 5.32 Å². The molecule has 1 aliphatic heterocycles. The van der Waals surface area contributed by atoms with Crippen LogP contribution in [0.2, 0.25) is 5.02 Å². The van der Waals surface area contributed by atoms with Gasteiger partial charge in [-0.15, -0.1) is 6.58 Å². The van der Waals surface area contributed by atoms with Crippen molar-refractivity contribution in [3.63, 3.8) is 0 Å². The Morgan fingerprint density at radius 3 is 2.44 bits per heavy atom. The van der Waals surface area contributed by atoms with Gasteiger partial charge >= 0.3 is 12.1 Å². The number of benzene rings is 2. The van der Waals surface area contributed by atoms with Gasteiger partial charge < -0.3 is 10.1 Å². The number of hydrogen-bond donors (Lipinski definition) is 1. The Labute approximate surface area is 184 Å². The first kappa shape index (κ1) is 23.0. The maximum Gasteiger partial charge on any atom is 0.418 e. The summed E-state index contributed by atoms with van der Waals surface area (Å²) >= 11 is 5.58. The highest BCUT2D eigenvalue weighted by atomic mass is 35.5. The van der Waals surface area contributed by atoms with Gasteiger partial charge in [0.15, 0.2) is 6.61 Å². The first-order valence-corrected chi connectivity index (χ1v) is 9.35. The summed E-state index contributed by atoms with van der Waals surface area (Å²) in [5.74, 6) is -3.17. The van der Waals surface area contributed by atoms with E-state index in [2.05, 4.69) is 6.58 Å². The van der Waals surface area contributed by atoms with E-state index in [0.29, 0.717) is 6.07 Å². The molecule has 0 aliphatic carbocycles. The molecule has 2 aromatic carbocycles. The number of anilines is 1. The fourth-order valence-electron chi connectivity index (χ4n) is 2.97. The zero-order valence-electron chi connectivity index (χ0n) is 16.2. The van der Waals surface area contributed by atoms with Gasteiger partial charge in [0.05, 0.1) is 27.9 Å². The van der Waals surface area contributed by atoms with Crippen molar-refractivity contribution in [2.45, 2.75) is 6.18 Å². The molecule has 0 atom stereocenters. The van der Waals surface area contributed by atoms with Crippen molar-refractivity contribution in [3.8, 4) is 0 Å². The number of nitrogens with zero attached hydrogens (tertiary/aromatic N) is 1. The van der Waals surface area contributed by atoms with Gasteiger partial charge in [0.1, 0.15) is 0 Å². The van der Waals surface area contributed by atoms with Crippen molar-refractivity contribution < 1.29 is 37.1 Å². The Morgan fingerprint density at radius 1 is 1.09 bits per heavy atom. The van der Waals surface area contributed by atoms with Crippen molar-refractivity contribution in [3.05, 3.63) is 76.3 Å². The molecular weight excluding hydrogens is 453 g/mol. The molecule has 0 fully saturated rings. The molecule has 0 bridgehead atoms. The number of halogens is 4. The summed E-state index contributed by atoms with van der Waals surface area (Å²) in [6.07, 6.45) is -3.39. The summed E-state index contributed by atoms with van der Waals surface area (Å²) in [6, 6.07) is 6.46. The number of ether oxygens (including phenoxy) is 1. The minimum Gasteiger partial charge on any atom is -0.452 e. The van der Waals surface area contributed by atoms with Crippen molar-refractivity contribution in [2.75, 3.05) is 18.5 Å². The number of carbonyl (C=O) groups is 4. The third-order valence-corrected chi connectivity index (χ3v) is 4.65. The number of esters is 1. The van der Waals surface area contributed by atoms with Crippen molar-refractivity contribution in [1.82, 2.24) is 4.90 Å². The molecule has 0 saturated carbocycles. The topological polar surface area (TPSA) is 92.8 Å². The van der Waals surface area contributed by atoms with E-state index in [1.54, 1.807) is 0 Å². The minimum atomic E-state index is -4.77. The monoisotopic (exact) mass is 466 g/mol. The molecule has 32 heavy (non-hydrogen) atoms. The van der Waals surface area contributed by atoms with E-state index >= 15 is 0 Å². The van der Waals surface area contributed by atoms with Crippen LogP contribution in [0, 0.1) is 0 Å². The Hall–Kier alpha value is -3.66. The maximum atomic E-state index is 13.1. The Balaban J connectivity index is 1.68. The first-order valence-electron chi connectivity index (χ1n) is 8.97. The summed E-state index contributed by atoms with van der Waals surface area (Å²) in [5, 5.41) is 1.85. The molecular formula is C21H14ClF3N2O5. The quantitative estimate of drug-likeness (QED) is 0.395. The SMILES string of the molecule is C=CCN1C(=O)c2ccc(C(=O)OCC(=O)Nc3ccc(Cl)cc3C(F)(F)F)cc2C1=O. The molecule has 0 aromatic heterocycles. The Kier molecular flexibility index (Phi) is 6.35. The summed E-state index contributed by atoms with van der Waals surface area (Å²) in [6.45, 7) is 2.58. The third kappa shape index (κ3) is 4.65. The normalized spacial score (nSPS) is 13.1. The third-order valence-electron chi connectivity index (χ3n) is 4.41. The van der Waals surface area contributed by atoms with Crippen LogP contribution in [0.3, 0.4) is 0 Å². The maximum absolute atomic E-state index is 13.1. The van der Waals surface area contributed by atoms with Crippen LogP contribution in [-0.4, -0.2) is 41.7 Å². The second-order valence-corrected chi connectivity index (χ2v) is 7.02. The lowest BCUT2D eigenvalue weighted by atomic mass is 10.1. The molecule has 7 nitrogen and oxygen atoms in total. The standard InChI is InChI=1S/C21H14ClF3N2O5/c1-2-7-27-18(29)13-5-3-11(8-14(13)19(27)30)20(31)32-10-17(28)26-16-6-4-12(22)9-15(16)21(23,24)25/h2-6,8-9H,1,7,10H2,(H,26,28). The molecule has 166 valence electrons. The van der Waals surface area contributed by atoms with E-state index in [1.165, 1.54) is 18.2 Å². The smallest absolute Gasteiger partial charge is 0.418 e. The Morgan fingerprint density at radius 2 is 1.78 bits per heavy atom. The highest BCUT2D eigenvalue weighted by molar-refractivity contribution is 6.30. The van der Waals surface area contributed by atoms with Gasteiger partial charge in [0, 0.05) is 11.6 Å². The number of fused-ring (bicyclic) bond motifs is 1.